The van der Waals surface area contributed by atoms with Crippen molar-refractivity contribution in [2.45, 2.75) is 6.92 Å². The molecule has 128 valence electrons. The molecule has 0 atom stereocenters. The Balaban J connectivity index is 1.87. The summed E-state index contributed by atoms with van der Waals surface area (Å²) < 4.78 is 1.57. The molecule has 4 rings (SSSR count). The first-order valence-corrected chi connectivity index (χ1v) is 7.76. The summed E-state index contributed by atoms with van der Waals surface area (Å²) in [6.07, 6.45) is 2.78. The number of aryl methyl sites for hydroxylation is 1. The third kappa shape index (κ3) is 2.71. The Morgan fingerprint density at radius 2 is 1.92 bits per heavy atom. The van der Waals surface area contributed by atoms with Gasteiger partial charge in [-0.2, -0.15) is 0 Å². The van der Waals surface area contributed by atoms with Crippen molar-refractivity contribution in [1.82, 2.24) is 24.5 Å². The number of para-hydroxylation sites is 2. The second-order valence-electron chi connectivity index (χ2n) is 5.54. The zero-order valence-corrected chi connectivity index (χ0v) is 13.7. The monoisotopic (exact) mass is 347 g/mol. The average molecular weight is 347 g/mol. The number of nitro groups is 1. The number of imidazole rings is 1. The molecule has 0 saturated carbocycles. The Bertz CT molecular complexity index is 1120. The van der Waals surface area contributed by atoms with Crippen LogP contribution in [-0.2, 0) is 0 Å². The van der Waals surface area contributed by atoms with E-state index in [1.807, 2.05) is 43.3 Å². The molecule has 3 heterocycles. The largest absolute Gasteiger partial charge is 0.354 e. The van der Waals surface area contributed by atoms with E-state index in [-0.39, 0.29) is 17.3 Å². The van der Waals surface area contributed by atoms with E-state index >= 15 is 0 Å². The molecule has 0 bridgehead atoms. The maximum absolute atomic E-state index is 11.8. The smallest absolute Gasteiger partial charge is 0.319 e. The van der Waals surface area contributed by atoms with E-state index in [9.17, 15) is 10.1 Å². The van der Waals surface area contributed by atoms with Gasteiger partial charge in [0, 0.05) is 5.69 Å². The number of benzene rings is 1. The fourth-order valence-electron chi connectivity index (χ4n) is 2.67. The van der Waals surface area contributed by atoms with Crippen molar-refractivity contribution >= 4 is 28.4 Å². The molecule has 0 aliphatic carbocycles. The van der Waals surface area contributed by atoms with Gasteiger partial charge in [-0.3, -0.25) is 14.7 Å². The Morgan fingerprint density at radius 1 is 1.08 bits per heavy atom. The lowest BCUT2D eigenvalue weighted by Gasteiger charge is -2.09. The van der Waals surface area contributed by atoms with Crippen LogP contribution in [0.4, 0.5) is 17.3 Å². The van der Waals surface area contributed by atoms with Crippen LogP contribution in [-0.4, -0.2) is 29.4 Å². The Morgan fingerprint density at radius 3 is 2.73 bits per heavy atom. The summed E-state index contributed by atoms with van der Waals surface area (Å²) in [4.78, 5) is 28.0. The van der Waals surface area contributed by atoms with Crippen LogP contribution in [0.15, 0.2) is 55.1 Å². The van der Waals surface area contributed by atoms with Crippen LogP contribution in [0, 0.1) is 17.0 Å². The first kappa shape index (κ1) is 15.6. The van der Waals surface area contributed by atoms with E-state index in [0.717, 1.165) is 11.2 Å². The summed E-state index contributed by atoms with van der Waals surface area (Å²) in [6.45, 7) is 1.84. The molecule has 9 heteroatoms. The number of aromatic nitrogens is 5. The molecule has 0 unspecified atom stereocenters. The second-order valence-corrected chi connectivity index (χ2v) is 5.54. The Hall–Kier alpha value is -3.88. The van der Waals surface area contributed by atoms with Gasteiger partial charge in [-0.05, 0) is 31.2 Å². The standard InChI is InChI=1S/C17H13N7O2/c1-11-5-4-8-14(21-11)22-16-15(24(25)26)17(19-9-18-16)23-10-20-12-6-2-3-7-13(12)23/h2-10H,1H3,(H,18,19,21,22). The number of fused-ring (bicyclic) bond motifs is 1. The summed E-state index contributed by atoms with van der Waals surface area (Å²) in [5.41, 5.74) is 1.97. The average Bonchev–Trinajstić information content (AvgIpc) is 3.05. The van der Waals surface area contributed by atoms with Crippen molar-refractivity contribution in [1.29, 1.82) is 0 Å². The fourth-order valence-corrected chi connectivity index (χ4v) is 2.67. The van der Waals surface area contributed by atoms with E-state index < -0.39 is 4.92 Å². The van der Waals surface area contributed by atoms with Gasteiger partial charge in [-0.1, -0.05) is 18.2 Å². The summed E-state index contributed by atoms with van der Waals surface area (Å²) in [5.74, 6) is 0.665. The Labute approximate surface area is 147 Å². The molecule has 3 aromatic heterocycles. The molecule has 9 nitrogen and oxygen atoms in total. The minimum atomic E-state index is -0.512. The van der Waals surface area contributed by atoms with E-state index in [2.05, 4.69) is 25.3 Å². The third-order valence-corrected chi connectivity index (χ3v) is 3.80. The van der Waals surface area contributed by atoms with Gasteiger partial charge in [0.25, 0.3) is 0 Å². The van der Waals surface area contributed by atoms with Gasteiger partial charge in [0.2, 0.25) is 11.6 Å². The van der Waals surface area contributed by atoms with Crippen molar-refractivity contribution in [3.8, 4) is 5.82 Å². The van der Waals surface area contributed by atoms with Crippen molar-refractivity contribution in [2.24, 2.45) is 0 Å². The van der Waals surface area contributed by atoms with Crippen molar-refractivity contribution in [3.05, 3.63) is 70.9 Å². The molecule has 0 aliphatic rings. The molecule has 0 radical (unpaired) electrons. The number of anilines is 2. The summed E-state index contributed by atoms with van der Waals surface area (Å²) in [5, 5.41) is 14.7. The van der Waals surface area contributed by atoms with Crippen LogP contribution >= 0.6 is 0 Å². The molecular formula is C17H13N7O2. The van der Waals surface area contributed by atoms with Crippen molar-refractivity contribution in [3.63, 3.8) is 0 Å². The number of nitrogens with zero attached hydrogens (tertiary/aromatic N) is 6. The van der Waals surface area contributed by atoms with Crippen LogP contribution in [0.25, 0.3) is 16.9 Å². The molecule has 1 aromatic carbocycles. The zero-order valence-electron chi connectivity index (χ0n) is 13.7. The number of hydrogen-bond acceptors (Lipinski definition) is 7. The highest BCUT2D eigenvalue weighted by Crippen LogP contribution is 2.31. The number of pyridine rings is 1. The molecule has 26 heavy (non-hydrogen) atoms. The predicted molar refractivity (Wildman–Crippen MR) is 95.6 cm³/mol. The zero-order chi connectivity index (χ0) is 18.1. The van der Waals surface area contributed by atoms with Crippen LogP contribution < -0.4 is 5.32 Å². The van der Waals surface area contributed by atoms with Gasteiger partial charge in [-0.25, -0.2) is 19.9 Å². The van der Waals surface area contributed by atoms with E-state index in [4.69, 9.17) is 0 Å². The minimum absolute atomic E-state index is 0.0656. The maximum atomic E-state index is 11.8. The fraction of sp³-hybridized carbons (Fsp3) is 0.0588. The van der Waals surface area contributed by atoms with Crippen LogP contribution in [0.2, 0.25) is 0 Å². The summed E-state index contributed by atoms with van der Waals surface area (Å²) >= 11 is 0. The highest BCUT2D eigenvalue weighted by molar-refractivity contribution is 5.79. The molecule has 0 spiro atoms. The van der Waals surface area contributed by atoms with Gasteiger partial charge in [-0.15, -0.1) is 0 Å². The van der Waals surface area contributed by atoms with Gasteiger partial charge in [0.15, 0.2) is 0 Å². The first-order chi connectivity index (χ1) is 12.6. The Kier molecular flexibility index (Phi) is 3.73. The van der Waals surface area contributed by atoms with Gasteiger partial charge >= 0.3 is 5.69 Å². The maximum Gasteiger partial charge on any atom is 0.354 e. The summed E-state index contributed by atoms with van der Waals surface area (Å²) in [6, 6.07) is 12.7. The molecular weight excluding hydrogens is 334 g/mol. The number of rotatable bonds is 4. The van der Waals surface area contributed by atoms with Gasteiger partial charge in [0.1, 0.15) is 18.5 Å². The second kappa shape index (κ2) is 6.20. The summed E-state index contributed by atoms with van der Waals surface area (Å²) in [7, 11) is 0. The highest BCUT2D eigenvalue weighted by Gasteiger charge is 2.25. The van der Waals surface area contributed by atoms with E-state index in [1.165, 1.54) is 12.7 Å². The third-order valence-electron chi connectivity index (χ3n) is 3.80. The molecule has 0 amide bonds. The molecule has 4 aromatic rings. The molecule has 1 N–H and O–H groups in total. The molecule has 0 aliphatic heterocycles. The topological polar surface area (TPSA) is 112 Å². The van der Waals surface area contributed by atoms with Crippen LogP contribution in [0.3, 0.4) is 0 Å². The lowest BCUT2D eigenvalue weighted by atomic mass is 10.3. The van der Waals surface area contributed by atoms with Crippen molar-refractivity contribution in [2.75, 3.05) is 5.32 Å². The van der Waals surface area contributed by atoms with Gasteiger partial charge < -0.3 is 5.32 Å². The van der Waals surface area contributed by atoms with Gasteiger partial charge in [0.05, 0.1) is 16.0 Å². The minimum Gasteiger partial charge on any atom is -0.319 e. The number of nitrogens with one attached hydrogen (secondary N) is 1. The van der Waals surface area contributed by atoms with E-state index in [0.29, 0.717) is 11.3 Å². The normalized spacial score (nSPS) is 10.8. The first-order valence-electron chi connectivity index (χ1n) is 7.76. The quantitative estimate of drug-likeness (QED) is 0.446. The SMILES string of the molecule is Cc1cccc(Nc2ncnc(-n3cnc4ccccc43)c2[N+](=O)[O-])n1. The van der Waals surface area contributed by atoms with Crippen LogP contribution in [0.5, 0.6) is 0 Å². The lowest BCUT2D eigenvalue weighted by Crippen LogP contribution is -2.08. The highest BCUT2D eigenvalue weighted by atomic mass is 16.6. The molecule has 0 saturated heterocycles. The van der Waals surface area contributed by atoms with E-state index in [1.54, 1.807) is 10.6 Å². The number of hydrogen-bond donors (Lipinski definition) is 1. The predicted octanol–water partition coefficient (Wildman–Crippen LogP) is 3.17. The lowest BCUT2D eigenvalue weighted by molar-refractivity contribution is -0.384. The van der Waals surface area contributed by atoms with Crippen LogP contribution in [0.1, 0.15) is 5.69 Å². The molecule has 0 fully saturated rings. The van der Waals surface area contributed by atoms with Crippen molar-refractivity contribution < 1.29 is 4.92 Å².